The summed E-state index contributed by atoms with van der Waals surface area (Å²) in [6.45, 7) is 6.32. The van der Waals surface area contributed by atoms with Gasteiger partial charge in [0.2, 0.25) is 5.91 Å². The molecule has 2 amide bonds. The molecule has 2 aromatic carbocycles. The highest BCUT2D eigenvalue weighted by Gasteiger charge is 2.29. The van der Waals surface area contributed by atoms with Gasteiger partial charge < -0.3 is 14.4 Å². The lowest BCUT2D eigenvalue weighted by Crippen LogP contribution is -2.48. The number of carbonyl (C=O) groups excluding carboxylic acids is 2. The van der Waals surface area contributed by atoms with Crippen LogP contribution in [-0.2, 0) is 17.9 Å². The smallest absolute Gasteiger partial charge is 0.254 e. The maximum atomic E-state index is 14.0. The number of rotatable bonds is 11. The summed E-state index contributed by atoms with van der Waals surface area (Å²) in [6.07, 6.45) is 8.53. The van der Waals surface area contributed by atoms with Crippen LogP contribution in [0, 0.1) is 5.92 Å². The number of hydrogen-bond donors (Lipinski definition) is 0. The van der Waals surface area contributed by atoms with Crippen LogP contribution in [0.4, 0.5) is 0 Å². The fraction of sp³-hybridized carbons (Fsp3) is 0.438. The van der Waals surface area contributed by atoms with Gasteiger partial charge in [0.25, 0.3) is 5.91 Å². The summed E-state index contributed by atoms with van der Waals surface area (Å²) < 4.78 is 3.17. The molecule has 0 N–H and O–H groups in total. The fourth-order valence-electron chi connectivity index (χ4n) is 5.21. The van der Waals surface area contributed by atoms with Gasteiger partial charge in [-0.05, 0) is 67.1 Å². The maximum Gasteiger partial charge on any atom is 0.254 e. The largest absolute Gasteiger partial charge is 0.345 e. The second-order valence-corrected chi connectivity index (χ2v) is 11.8. The molecule has 1 aliphatic carbocycles. The quantitative estimate of drug-likeness (QED) is 0.243. The molecule has 1 heterocycles. The number of hydrogen-bond acceptors (Lipinski definition) is 2. The van der Waals surface area contributed by atoms with Gasteiger partial charge in [-0.15, -0.1) is 0 Å². The van der Waals surface area contributed by atoms with E-state index >= 15 is 0 Å². The lowest BCUT2D eigenvalue weighted by Gasteiger charge is -2.36. The molecule has 0 aliphatic heterocycles. The van der Waals surface area contributed by atoms with Crippen LogP contribution >= 0.6 is 15.9 Å². The summed E-state index contributed by atoms with van der Waals surface area (Å²) in [5.74, 6) is 0.405. The second-order valence-electron chi connectivity index (χ2n) is 10.8. The van der Waals surface area contributed by atoms with E-state index in [0.29, 0.717) is 24.6 Å². The van der Waals surface area contributed by atoms with Gasteiger partial charge >= 0.3 is 0 Å². The molecular weight excluding hydrogens is 538 g/mol. The Bertz CT molecular complexity index is 1170. The molecule has 0 atom stereocenters. The third kappa shape index (κ3) is 7.83. The number of benzene rings is 2. The van der Waals surface area contributed by atoms with Gasteiger partial charge in [-0.3, -0.25) is 9.59 Å². The molecule has 1 saturated carbocycles. The first-order valence-electron chi connectivity index (χ1n) is 13.9. The van der Waals surface area contributed by atoms with Crippen LogP contribution in [0.2, 0.25) is 0 Å². The van der Waals surface area contributed by atoms with E-state index in [-0.39, 0.29) is 24.4 Å². The molecule has 3 aromatic rings. The Morgan fingerprint density at radius 1 is 0.947 bits per heavy atom. The van der Waals surface area contributed by atoms with Gasteiger partial charge in [0.05, 0.1) is 6.54 Å². The van der Waals surface area contributed by atoms with E-state index in [1.807, 2.05) is 30.3 Å². The number of halogens is 1. The van der Waals surface area contributed by atoms with Gasteiger partial charge in [0.1, 0.15) is 6.54 Å². The first-order valence-corrected chi connectivity index (χ1v) is 14.7. The Morgan fingerprint density at radius 2 is 1.66 bits per heavy atom. The zero-order valence-corrected chi connectivity index (χ0v) is 24.3. The third-order valence-corrected chi connectivity index (χ3v) is 8.00. The molecule has 1 aliphatic rings. The van der Waals surface area contributed by atoms with Gasteiger partial charge in [0, 0.05) is 41.1 Å². The zero-order valence-electron chi connectivity index (χ0n) is 22.7. The highest BCUT2D eigenvalue weighted by molar-refractivity contribution is 9.10. The van der Waals surface area contributed by atoms with E-state index in [1.165, 1.54) is 12.0 Å². The van der Waals surface area contributed by atoms with Crippen LogP contribution in [0.1, 0.15) is 74.0 Å². The highest BCUT2D eigenvalue weighted by Crippen LogP contribution is 2.25. The van der Waals surface area contributed by atoms with Crippen LogP contribution < -0.4 is 0 Å². The molecule has 1 aromatic heterocycles. The van der Waals surface area contributed by atoms with Crippen LogP contribution in [0.3, 0.4) is 0 Å². The number of amides is 2. The minimum absolute atomic E-state index is 0.0404. The van der Waals surface area contributed by atoms with E-state index < -0.39 is 0 Å². The zero-order chi connectivity index (χ0) is 26.9. The average molecular weight is 579 g/mol. The normalized spacial score (nSPS) is 14.0. The molecule has 0 saturated heterocycles. The Morgan fingerprint density at radius 3 is 2.34 bits per heavy atom. The summed E-state index contributed by atoms with van der Waals surface area (Å²) in [5, 5.41) is 0. The van der Waals surface area contributed by atoms with Crippen molar-refractivity contribution in [2.24, 2.45) is 5.92 Å². The van der Waals surface area contributed by atoms with Crippen LogP contribution in [0.5, 0.6) is 0 Å². The molecular formula is C32H40BrN3O2. The van der Waals surface area contributed by atoms with Gasteiger partial charge in [-0.25, -0.2) is 0 Å². The maximum absolute atomic E-state index is 14.0. The Balaban J connectivity index is 1.55. The topological polar surface area (TPSA) is 45.6 Å². The minimum atomic E-state index is -0.0810. The molecule has 0 spiro atoms. The van der Waals surface area contributed by atoms with Gasteiger partial charge in [-0.1, -0.05) is 79.4 Å². The molecule has 0 radical (unpaired) electrons. The first kappa shape index (κ1) is 28.2. The molecule has 5 nitrogen and oxygen atoms in total. The molecule has 38 heavy (non-hydrogen) atoms. The number of carbonyl (C=O) groups is 2. The van der Waals surface area contributed by atoms with Gasteiger partial charge in [0.15, 0.2) is 0 Å². The van der Waals surface area contributed by atoms with Crippen molar-refractivity contribution in [3.05, 3.63) is 94.2 Å². The van der Waals surface area contributed by atoms with Crippen LogP contribution in [-0.4, -0.2) is 45.3 Å². The van der Waals surface area contributed by atoms with E-state index in [0.717, 1.165) is 48.8 Å². The lowest BCUT2D eigenvalue weighted by molar-refractivity contribution is -0.135. The molecule has 0 bridgehead atoms. The van der Waals surface area contributed by atoms with Crippen molar-refractivity contribution < 1.29 is 9.59 Å². The first-order chi connectivity index (χ1) is 18.4. The minimum Gasteiger partial charge on any atom is -0.345 e. The fourth-order valence-corrected chi connectivity index (χ4v) is 5.48. The number of nitrogens with zero attached hydrogens (tertiary/aromatic N) is 3. The predicted octanol–water partition coefficient (Wildman–Crippen LogP) is 7.15. The Hall–Kier alpha value is -2.86. The van der Waals surface area contributed by atoms with Crippen molar-refractivity contribution >= 4 is 27.7 Å². The summed E-state index contributed by atoms with van der Waals surface area (Å²) in [7, 11) is 0. The monoisotopic (exact) mass is 577 g/mol. The third-order valence-electron chi connectivity index (χ3n) is 7.47. The van der Waals surface area contributed by atoms with Crippen molar-refractivity contribution in [3.8, 4) is 0 Å². The SMILES string of the molecule is CC(C)CCN(CC(=O)N(Cc1cccn1Cc1ccccc1)C1CCCCC1)C(=O)c1ccc(Br)cc1. The van der Waals surface area contributed by atoms with Crippen molar-refractivity contribution in [3.63, 3.8) is 0 Å². The van der Waals surface area contributed by atoms with Crippen molar-refractivity contribution in [2.75, 3.05) is 13.1 Å². The van der Waals surface area contributed by atoms with E-state index in [2.05, 4.69) is 81.8 Å². The van der Waals surface area contributed by atoms with E-state index in [9.17, 15) is 9.59 Å². The van der Waals surface area contributed by atoms with Crippen molar-refractivity contribution in [1.82, 2.24) is 14.4 Å². The average Bonchev–Trinajstić information content (AvgIpc) is 3.37. The van der Waals surface area contributed by atoms with Crippen LogP contribution in [0.15, 0.2) is 77.4 Å². The van der Waals surface area contributed by atoms with E-state index in [1.54, 1.807) is 4.90 Å². The van der Waals surface area contributed by atoms with Crippen molar-refractivity contribution in [1.29, 1.82) is 0 Å². The van der Waals surface area contributed by atoms with Crippen LogP contribution in [0.25, 0.3) is 0 Å². The summed E-state index contributed by atoms with van der Waals surface area (Å²) in [6, 6.07) is 22.2. The van der Waals surface area contributed by atoms with E-state index in [4.69, 9.17) is 0 Å². The second kappa shape index (κ2) is 13.8. The standard InChI is InChI=1S/C32H40BrN3O2/c1-25(2)19-21-35(32(38)27-15-17-28(33)18-16-27)24-31(37)36(29-12-7-4-8-13-29)23-30-14-9-20-34(30)22-26-10-5-3-6-11-26/h3,5-6,9-11,14-18,20,25,29H,4,7-8,12-13,19,21-24H2,1-2H3. The Labute approximate surface area is 236 Å². The highest BCUT2D eigenvalue weighted by atomic mass is 79.9. The van der Waals surface area contributed by atoms with Gasteiger partial charge in [-0.2, -0.15) is 0 Å². The number of aromatic nitrogens is 1. The molecule has 202 valence electrons. The molecule has 6 heteroatoms. The predicted molar refractivity (Wildman–Crippen MR) is 157 cm³/mol. The summed E-state index contributed by atoms with van der Waals surface area (Å²) in [5.41, 5.74) is 2.98. The summed E-state index contributed by atoms with van der Waals surface area (Å²) >= 11 is 3.45. The molecule has 0 unspecified atom stereocenters. The lowest BCUT2D eigenvalue weighted by atomic mass is 9.94. The Kier molecular flexibility index (Phi) is 10.2. The van der Waals surface area contributed by atoms with Crippen molar-refractivity contribution in [2.45, 2.75) is 71.5 Å². The molecule has 4 rings (SSSR count). The summed E-state index contributed by atoms with van der Waals surface area (Å²) in [4.78, 5) is 31.3. The molecule has 1 fully saturated rings.